The van der Waals surface area contributed by atoms with Crippen LogP contribution in [0.2, 0.25) is 0 Å². The van der Waals surface area contributed by atoms with Gasteiger partial charge in [-0.05, 0) is 43.3 Å². The van der Waals surface area contributed by atoms with Crippen LogP contribution >= 0.6 is 27.3 Å². The average Bonchev–Trinajstić information content (AvgIpc) is 3.03. The second-order valence-corrected chi connectivity index (χ2v) is 8.24. The molecular weight excluding hydrogens is 402 g/mol. The van der Waals surface area contributed by atoms with Crippen molar-refractivity contribution in [2.75, 3.05) is 38.0 Å². The third-order valence-electron chi connectivity index (χ3n) is 4.11. The van der Waals surface area contributed by atoms with Crippen molar-refractivity contribution in [2.24, 2.45) is 0 Å². The number of amides is 2. The molecular formula is C18H20BrN3O2S. The van der Waals surface area contributed by atoms with Gasteiger partial charge in [0.2, 0.25) is 5.91 Å². The Hall–Kier alpha value is -1.70. The maximum absolute atomic E-state index is 12.4. The lowest BCUT2D eigenvalue weighted by Crippen LogP contribution is -2.50. The number of thiophene rings is 1. The van der Waals surface area contributed by atoms with E-state index in [1.165, 1.54) is 11.3 Å². The molecule has 0 aliphatic carbocycles. The maximum atomic E-state index is 12.4. The van der Waals surface area contributed by atoms with E-state index >= 15 is 0 Å². The molecule has 1 fully saturated rings. The van der Waals surface area contributed by atoms with Crippen LogP contribution in [-0.2, 0) is 4.79 Å². The van der Waals surface area contributed by atoms with Crippen molar-refractivity contribution in [1.29, 1.82) is 0 Å². The number of nitrogens with zero attached hydrogens (tertiary/aromatic N) is 2. The Morgan fingerprint density at radius 2 is 1.76 bits per heavy atom. The quantitative estimate of drug-likeness (QED) is 0.824. The molecule has 1 N–H and O–H groups in total. The van der Waals surface area contributed by atoms with Gasteiger partial charge in [0.15, 0.2) is 0 Å². The summed E-state index contributed by atoms with van der Waals surface area (Å²) in [7, 11) is 0. The molecule has 0 saturated carbocycles. The second-order valence-electron chi connectivity index (χ2n) is 6.03. The van der Waals surface area contributed by atoms with Gasteiger partial charge in [0.1, 0.15) is 0 Å². The first-order chi connectivity index (χ1) is 12.0. The number of carbonyl (C=O) groups is 2. The highest BCUT2D eigenvalue weighted by Crippen LogP contribution is 2.18. The Morgan fingerprint density at radius 3 is 2.36 bits per heavy atom. The lowest BCUT2D eigenvalue weighted by Gasteiger charge is -2.34. The molecule has 0 bridgehead atoms. The molecule has 2 amide bonds. The van der Waals surface area contributed by atoms with Gasteiger partial charge in [0.25, 0.3) is 5.91 Å². The lowest BCUT2D eigenvalue weighted by atomic mass is 10.2. The molecule has 1 aromatic heterocycles. The number of piperazine rings is 1. The van der Waals surface area contributed by atoms with Gasteiger partial charge in [-0.15, -0.1) is 11.3 Å². The summed E-state index contributed by atoms with van der Waals surface area (Å²) in [6, 6.07) is 11.4. The fourth-order valence-corrected chi connectivity index (χ4v) is 3.85. The largest absolute Gasteiger partial charge is 0.335 e. The number of hydrogen-bond acceptors (Lipinski definition) is 4. The molecule has 0 radical (unpaired) electrons. The standard InChI is InChI=1S/C18H20BrN3O2S/c1-13-2-7-16(25-13)18(24)22-10-8-21(9-11-22)12-17(23)20-15-5-3-14(19)4-6-15/h2-7H,8-12H2,1H3,(H,20,23). The first-order valence-corrected chi connectivity index (χ1v) is 9.76. The van der Waals surface area contributed by atoms with Gasteiger partial charge >= 0.3 is 0 Å². The van der Waals surface area contributed by atoms with Crippen molar-refractivity contribution in [3.63, 3.8) is 0 Å². The monoisotopic (exact) mass is 421 g/mol. The minimum Gasteiger partial charge on any atom is -0.335 e. The summed E-state index contributed by atoms with van der Waals surface area (Å²) >= 11 is 4.91. The molecule has 3 rings (SSSR count). The Labute approximate surface area is 159 Å². The van der Waals surface area contributed by atoms with Gasteiger partial charge in [0, 0.05) is 41.2 Å². The molecule has 132 valence electrons. The Kier molecular flexibility index (Phi) is 5.88. The van der Waals surface area contributed by atoms with E-state index in [0.29, 0.717) is 32.7 Å². The van der Waals surface area contributed by atoms with Gasteiger partial charge in [-0.3, -0.25) is 14.5 Å². The molecule has 7 heteroatoms. The van der Waals surface area contributed by atoms with Crippen LogP contribution in [0.5, 0.6) is 0 Å². The molecule has 1 aromatic carbocycles. The fraction of sp³-hybridized carbons (Fsp3) is 0.333. The molecule has 0 spiro atoms. The molecule has 25 heavy (non-hydrogen) atoms. The van der Waals surface area contributed by atoms with E-state index in [0.717, 1.165) is 19.9 Å². The molecule has 5 nitrogen and oxygen atoms in total. The van der Waals surface area contributed by atoms with Crippen LogP contribution < -0.4 is 5.32 Å². The smallest absolute Gasteiger partial charge is 0.264 e. The van der Waals surface area contributed by atoms with Crippen LogP contribution in [0.4, 0.5) is 5.69 Å². The first-order valence-electron chi connectivity index (χ1n) is 8.15. The zero-order valence-corrected chi connectivity index (χ0v) is 16.4. The van der Waals surface area contributed by atoms with Gasteiger partial charge in [0.05, 0.1) is 11.4 Å². The predicted molar refractivity (Wildman–Crippen MR) is 104 cm³/mol. The molecule has 1 aliphatic rings. The fourth-order valence-electron chi connectivity index (χ4n) is 2.75. The van der Waals surface area contributed by atoms with Crippen LogP contribution in [-0.4, -0.2) is 54.3 Å². The lowest BCUT2D eigenvalue weighted by molar-refractivity contribution is -0.117. The van der Waals surface area contributed by atoms with Gasteiger partial charge in [-0.25, -0.2) is 0 Å². The molecule has 1 aliphatic heterocycles. The van der Waals surface area contributed by atoms with E-state index in [2.05, 4.69) is 26.1 Å². The van der Waals surface area contributed by atoms with Crippen molar-refractivity contribution in [2.45, 2.75) is 6.92 Å². The van der Waals surface area contributed by atoms with E-state index in [1.54, 1.807) is 0 Å². The number of carbonyl (C=O) groups excluding carboxylic acids is 2. The van der Waals surface area contributed by atoms with E-state index in [4.69, 9.17) is 0 Å². The third-order valence-corrected chi connectivity index (χ3v) is 5.62. The van der Waals surface area contributed by atoms with Crippen LogP contribution in [0.15, 0.2) is 40.9 Å². The average molecular weight is 422 g/mol. The highest BCUT2D eigenvalue weighted by atomic mass is 79.9. The minimum absolute atomic E-state index is 0.0315. The summed E-state index contributed by atoms with van der Waals surface area (Å²) < 4.78 is 0.979. The predicted octanol–water partition coefficient (Wildman–Crippen LogP) is 3.22. The van der Waals surface area contributed by atoms with Gasteiger partial charge in [-0.1, -0.05) is 15.9 Å². The topological polar surface area (TPSA) is 52.7 Å². The highest BCUT2D eigenvalue weighted by Gasteiger charge is 2.24. The Morgan fingerprint density at radius 1 is 1.08 bits per heavy atom. The van der Waals surface area contributed by atoms with E-state index in [-0.39, 0.29) is 11.8 Å². The van der Waals surface area contributed by atoms with E-state index in [1.807, 2.05) is 48.2 Å². The maximum Gasteiger partial charge on any atom is 0.264 e. The summed E-state index contributed by atoms with van der Waals surface area (Å²) in [6.45, 7) is 5.08. The summed E-state index contributed by atoms with van der Waals surface area (Å²) in [4.78, 5) is 30.5. The van der Waals surface area contributed by atoms with Gasteiger partial charge < -0.3 is 10.2 Å². The SMILES string of the molecule is Cc1ccc(C(=O)N2CCN(CC(=O)Nc3ccc(Br)cc3)CC2)s1. The third kappa shape index (κ3) is 4.90. The molecule has 2 aromatic rings. The molecule has 0 unspecified atom stereocenters. The Bertz CT molecular complexity index is 752. The van der Waals surface area contributed by atoms with Crippen molar-refractivity contribution >= 4 is 44.8 Å². The number of hydrogen-bond donors (Lipinski definition) is 1. The summed E-state index contributed by atoms with van der Waals surface area (Å²) in [6.07, 6.45) is 0. The van der Waals surface area contributed by atoms with Gasteiger partial charge in [-0.2, -0.15) is 0 Å². The zero-order chi connectivity index (χ0) is 17.8. The minimum atomic E-state index is -0.0315. The first kappa shape index (κ1) is 18.1. The highest BCUT2D eigenvalue weighted by molar-refractivity contribution is 9.10. The molecule has 1 saturated heterocycles. The van der Waals surface area contributed by atoms with Crippen molar-refractivity contribution < 1.29 is 9.59 Å². The number of benzene rings is 1. The molecule has 0 atom stereocenters. The van der Waals surface area contributed by atoms with Crippen LogP contribution in [0.25, 0.3) is 0 Å². The van der Waals surface area contributed by atoms with Crippen molar-refractivity contribution in [3.8, 4) is 0 Å². The molecule has 2 heterocycles. The summed E-state index contributed by atoms with van der Waals surface area (Å²) in [5, 5.41) is 2.90. The Balaban J connectivity index is 1.46. The number of anilines is 1. The van der Waals surface area contributed by atoms with E-state index in [9.17, 15) is 9.59 Å². The van der Waals surface area contributed by atoms with Crippen molar-refractivity contribution in [3.05, 3.63) is 50.6 Å². The number of halogens is 1. The van der Waals surface area contributed by atoms with Crippen molar-refractivity contribution in [1.82, 2.24) is 9.80 Å². The summed E-state index contributed by atoms with van der Waals surface area (Å²) in [5.41, 5.74) is 0.787. The van der Waals surface area contributed by atoms with Crippen LogP contribution in [0.1, 0.15) is 14.5 Å². The number of nitrogens with one attached hydrogen (secondary N) is 1. The van der Waals surface area contributed by atoms with Crippen LogP contribution in [0.3, 0.4) is 0 Å². The normalized spacial score (nSPS) is 15.2. The second kappa shape index (κ2) is 8.12. The summed E-state index contributed by atoms with van der Waals surface area (Å²) in [5.74, 6) is 0.0630. The number of aryl methyl sites for hydroxylation is 1. The number of rotatable bonds is 4. The zero-order valence-electron chi connectivity index (χ0n) is 14.0. The van der Waals surface area contributed by atoms with E-state index < -0.39 is 0 Å². The van der Waals surface area contributed by atoms with Crippen LogP contribution in [0, 0.1) is 6.92 Å².